The van der Waals surface area contributed by atoms with Gasteiger partial charge in [-0.2, -0.15) is 0 Å². The van der Waals surface area contributed by atoms with E-state index in [0.29, 0.717) is 4.34 Å². The quantitative estimate of drug-likeness (QED) is 0.230. The summed E-state index contributed by atoms with van der Waals surface area (Å²) >= 11 is 2.78. The standard InChI is InChI=1S/C24H19NO6S2/c26-22(27)30-15-20(31-23(28)29)24(16-9-3-1-4-10-16,17-11-5-2-6-12-17)33-21-25-18-13-7-8-14-19(18)32-21/h1-14,20H,15H2,(H,26,27)(H,28,29). The number of ether oxygens (including phenoxy) is 2. The van der Waals surface area contributed by atoms with Gasteiger partial charge in [-0.25, -0.2) is 14.6 Å². The van der Waals surface area contributed by atoms with Crippen LogP contribution in [0.5, 0.6) is 0 Å². The maximum Gasteiger partial charge on any atom is 0.506 e. The van der Waals surface area contributed by atoms with E-state index in [2.05, 4.69) is 0 Å². The monoisotopic (exact) mass is 481 g/mol. The Morgan fingerprint density at radius 2 is 1.45 bits per heavy atom. The van der Waals surface area contributed by atoms with Gasteiger partial charge in [-0.1, -0.05) is 84.6 Å². The summed E-state index contributed by atoms with van der Waals surface area (Å²) in [6, 6.07) is 26.1. The topological polar surface area (TPSA) is 106 Å². The molecule has 0 aliphatic carbocycles. The van der Waals surface area contributed by atoms with Crippen LogP contribution in [0.15, 0.2) is 89.3 Å². The molecule has 2 N–H and O–H groups in total. The van der Waals surface area contributed by atoms with Crippen LogP contribution < -0.4 is 0 Å². The number of thioether (sulfide) groups is 1. The highest BCUT2D eigenvalue weighted by molar-refractivity contribution is 8.02. The molecule has 1 heterocycles. The Kier molecular flexibility index (Phi) is 6.81. The van der Waals surface area contributed by atoms with Gasteiger partial charge in [0.2, 0.25) is 0 Å². The predicted molar refractivity (Wildman–Crippen MR) is 126 cm³/mol. The highest BCUT2D eigenvalue weighted by Gasteiger charge is 2.47. The maximum atomic E-state index is 11.7. The van der Waals surface area contributed by atoms with Crippen molar-refractivity contribution in [1.29, 1.82) is 0 Å². The number of hydrogen-bond donors (Lipinski definition) is 2. The molecule has 33 heavy (non-hydrogen) atoms. The van der Waals surface area contributed by atoms with Crippen LogP contribution in [-0.4, -0.2) is 40.2 Å². The highest BCUT2D eigenvalue weighted by Crippen LogP contribution is 2.51. The first-order valence-electron chi connectivity index (χ1n) is 9.90. The highest BCUT2D eigenvalue weighted by atomic mass is 32.2. The van der Waals surface area contributed by atoms with Crippen molar-refractivity contribution in [3.05, 3.63) is 96.1 Å². The Morgan fingerprint density at radius 1 is 0.879 bits per heavy atom. The minimum Gasteiger partial charge on any atom is -0.450 e. The number of aromatic nitrogens is 1. The minimum atomic E-state index is -1.53. The Morgan fingerprint density at radius 3 is 2.00 bits per heavy atom. The van der Waals surface area contributed by atoms with Crippen LogP contribution in [0, 0.1) is 0 Å². The number of carbonyl (C=O) groups is 2. The molecule has 0 saturated carbocycles. The summed E-state index contributed by atoms with van der Waals surface area (Å²) in [6.45, 7) is -0.497. The Labute approximate surface area is 197 Å². The lowest BCUT2D eigenvalue weighted by molar-refractivity contribution is -0.00630. The fraction of sp³-hybridized carbons (Fsp3) is 0.125. The smallest absolute Gasteiger partial charge is 0.450 e. The van der Waals surface area contributed by atoms with E-state index in [1.807, 2.05) is 84.9 Å². The predicted octanol–water partition coefficient (Wildman–Crippen LogP) is 6.09. The molecule has 0 aliphatic rings. The van der Waals surface area contributed by atoms with E-state index in [-0.39, 0.29) is 0 Å². The summed E-state index contributed by atoms with van der Waals surface area (Å²) in [6.07, 6.45) is -4.25. The molecule has 3 aromatic carbocycles. The lowest BCUT2D eigenvalue weighted by Gasteiger charge is -2.39. The summed E-state index contributed by atoms with van der Waals surface area (Å²) in [5.74, 6) is 0. The molecule has 0 fully saturated rings. The summed E-state index contributed by atoms with van der Waals surface area (Å²) in [5.41, 5.74) is 2.26. The second-order valence-corrected chi connectivity index (χ2v) is 9.49. The van der Waals surface area contributed by atoms with E-state index in [9.17, 15) is 14.7 Å². The third-order valence-electron chi connectivity index (χ3n) is 4.98. The van der Waals surface area contributed by atoms with Crippen molar-refractivity contribution < 1.29 is 29.3 Å². The zero-order valence-corrected chi connectivity index (χ0v) is 18.8. The number of benzene rings is 3. The van der Waals surface area contributed by atoms with Crippen molar-refractivity contribution >= 4 is 45.6 Å². The van der Waals surface area contributed by atoms with E-state index >= 15 is 0 Å². The van der Waals surface area contributed by atoms with Gasteiger partial charge < -0.3 is 19.7 Å². The fourth-order valence-electron chi connectivity index (χ4n) is 3.63. The molecular formula is C24H19NO6S2. The van der Waals surface area contributed by atoms with Crippen molar-refractivity contribution in [3.8, 4) is 0 Å². The molecule has 4 aromatic rings. The van der Waals surface area contributed by atoms with Gasteiger partial charge in [0.15, 0.2) is 10.4 Å². The molecule has 0 spiro atoms. The molecule has 1 unspecified atom stereocenters. The normalized spacial score (nSPS) is 12.2. The zero-order valence-electron chi connectivity index (χ0n) is 17.2. The Bertz CT molecular complexity index is 1170. The molecule has 1 aromatic heterocycles. The molecule has 168 valence electrons. The van der Waals surface area contributed by atoms with Gasteiger partial charge in [0.1, 0.15) is 11.4 Å². The van der Waals surface area contributed by atoms with Crippen molar-refractivity contribution in [3.63, 3.8) is 0 Å². The molecule has 0 saturated heterocycles. The number of carboxylic acid groups (broad SMARTS) is 2. The van der Waals surface area contributed by atoms with Gasteiger partial charge >= 0.3 is 12.3 Å². The van der Waals surface area contributed by atoms with E-state index in [1.54, 1.807) is 0 Å². The SMILES string of the molecule is O=C(O)OCC(OC(=O)O)C(Sc1nc2ccccc2s1)(c1ccccc1)c1ccccc1. The molecule has 0 radical (unpaired) electrons. The molecule has 7 nitrogen and oxygen atoms in total. The number of thiazole rings is 1. The van der Waals surface area contributed by atoms with E-state index < -0.39 is 29.8 Å². The van der Waals surface area contributed by atoms with Gasteiger partial charge in [0.25, 0.3) is 0 Å². The largest absolute Gasteiger partial charge is 0.506 e. The Hall–Kier alpha value is -3.56. The molecule has 0 amide bonds. The van der Waals surface area contributed by atoms with Crippen LogP contribution in [-0.2, 0) is 14.2 Å². The van der Waals surface area contributed by atoms with Gasteiger partial charge in [-0.15, -0.1) is 11.3 Å². The van der Waals surface area contributed by atoms with E-state index in [0.717, 1.165) is 21.3 Å². The Balaban J connectivity index is 1.94. The zero-order chi connectivity index (χ0) is 23.3. The summed E-state index contributed by atoms with van der Waals surface area (Å²) in [7, 11) is 0. The second kappa shape index (κ2) is 9.93. The average molecular weight is 482 g/mol. The van der Waals surface area contributed by atoms with E-state index in [4.69, 9.17) is 19.6 Å². The number of nitrogens with zero attached hydrogens (tertiary/aromatic N) is 1. The van der Waals surface area contributed by atoms with E-state index in [1.165, 1.54) is 23.1 Å². The molecule has 9 heteroatoms. The van der Waals surface area contributed by atoms with Crippen LogP contribution in [0.2, 0.25) is 0 Å². The average Bonchev–Trinajstić information content (AvgIpc) is 3.23. The number of fused-ring (bicyclic) bond motifs is 1. The molecule has 4 rings (SSSR count). The first-order chi connectivity index (χ1) is 16.0. The molecule has 1 atom stereocenters. The van der Waals surface area contributed by atoms with Gasteiger partial charge in [-0.3, -0.25) is 0 Å². The van der Waals surface area contributed by atoms with Crippen LogP contribution in [0.4, 0.5) is 9.59 Å². The van der Waals surface area contributed by atoms with Crippen molar-refractivity contribution in [2.24, 2.45) is 0 Å². The fourth-order valence-corrected chi connectivity index (χ4v) is 6.33. The molecule has 0 aliphatic heterocycles. The van der Waals surface area contributed by atoms with Gasteiger partial charge in [-0.05, 0) is 23.3 Å². The van der Waals surface area contributed by atoms with Crippen molar-refractivity contribution in [1.82, 2.24) is 4.98 Å². The van der Waals surface area contributed by atoms with Crippen molar-refractivity contribution in [2.75, 3.05) is 6.61 Å². The maximum absolute atomic E-state index is 11.7. The first kappa shape index (κ1) is 22.6. The third kappa shape index (κ3) is 4.94. The number of rotatable bonds is 8. The molecule has 0 bridgehead atoms. The lowest BCUT2D eigenvalue weighted by atomic mass is 9.85. The minimum absolute atomic E-state index is 0.497. The van der Waals surface area contributed by atoms with Gasteiger partial charge in [0.05, 0.1) is 10.2 Å². The summed E-state index contributed by atoms with van der Waals surface area (Å²) < 4.78 is 10.6. The second-order valence-electron chi connectivity index (χ2n) is 6.97. The summed E-state index contributed by atoms with van der Waals surface area (Å²) in [5, 5.41) is 18.7. The third-order valence-corrected chi connectivity index (χ3v) is 7.64. The van der Waals surface area contributed by atoms with Crippen LogP contribution in [0.3, 0.4) is 0 Å². The van der Waals surface area contributed by atoms with Crippen LogP contribution in [0.25, 0.3) is 10.2 Å². The van der Waals surface area contributed by atoms with Crippen LogP contribution in [0.1, 0.15) is 11.1 Å². The summed E-state index contributed by atoms with van der Waals surface area (Å²) in [4.78, 5) is 27.7. The number of para-hydroxylation sites is 1. The van der Waals surface area contributed by atoms with Gasteiger partial charge in [0, 0.05) is 0 Å². The number of hydrogen-bond acceptors (Lipinski definition) is 7. The molecular weight excluding hydrogens is 462 g/mol. The first-order valence-corrected chi connectivity index (χ1v) is 11.5. The van der Waals surface area contributed by atoms with Crippen molar-refractivity contribution in [2.45, 2.75) is 15.2 Å². The van der Waals surface area contributed by atoms with Crippen LogP contribution >= 0.6 is 23.1 Å². The lowest BCUT2D eigenvalue weighted by Crippen LogP contribution is -2.44.